The Bertz CT molecular complexity index is 720. The third-order valence-electron chi connectivity index (χ3n) is 2.73. The highest BCUT2D eigenvalue weighted by Crippen LogP contribution is 2.26. The first-order valence-corrected chi connectivity index (χ1v) is 6.54. The molecule has 2 rings (SSSR count). The van der Waals surface area contributed by atoms with Gasteiger partial charge < -0.3 is 15.5 Å². The van der Waals surface area contributed by atoms with Crippen LogP contribution in [-0.2, 0) is 4.79 Å². The number of benzene rings is 2. The molecule has 6 heteroatoms. The van der Waals surface area contributed by atoms with Crippen molar-refractivity contribution in [1.29, 1.82) is 0 Å². The molecule has 0 saturated carbocycles. The molecule has 0 saturated heterocycles. The molecule has 0 heterocycles. The Balaban J connectivity index is 2.19. The molecule has 0 aliphatic heterocycles. The number of hydrogen-bond acceptors (Lipinski definition) is 5. The molecule has 0 aliphatic rings. The van der Waals surface area contributed by atoms with Crippen LogP contribution in [0.5, 0.6) is 5.75 Å². The van der Waals surface area contributed by atoms with Crippen LogP contribution in [-0.4, -0.2) is 16.1 Å². The van der Waals surface area contributed by atoms with Gasteiger partial charge in [-0.25, -0.2) is 0 Å². The van der Waals surface area contributed by atoms with Crippen molar-refractivity contribution in [1.82, 2.24) is 0 Å². The highest BCUT2D eigenvalue weighted by molar-refractivity contribution is 6.03. The first-order chi connectivity index (χ1) is 10.6. The van der Waals surface area contributed by atoms with E-state index in [0.29, 0.717) is 5.69 Å². The number of azo groups is 1. The molecule has 112 valence electrons. The number of aromatic hydroxyl groups is 1. The van der Waals surface area contributed by atoms with Gasteiger partial charge in [0.2, 0.25) is 0 Å². The van der Waals surface area contributed by atoms with Crippen molar-refractivity contribution in [3.8, 4) is 5.75 Å². The van der Waals surface area contributed by atoms with Gasteiger partial charge in [-0.2, -0.15) is 0 Å². The van der Waals surface area contributed by atoms with E-state index in [2.05, 4.69) is 15.5 Å². The Morgan fingerprint density at radius 3 is 2.32 bits per heavy atom. The summed E-state index contributed by atoms with van der Waals surface area (Å²) in [4.78, 5) is 12.1. The van der Waals surface area contributed by atoms with Crippen LogP contribution in [0, 0.1) is 0 Å². The van der Waals surface area contributed by atoms with Crippen LogP contribution in [0.15, 0.2) is 76.3 Å². The first kappa shape index (κ1) is 15.2. The van der Waals surface area contributed by atoms with Crippen molar-refractivity contribution < 1.29 is 15.0 Å². The number of allylic oxidation sites excluding steroid dienone is 1. The van der Waals surface area contributed by atoms with Crippen LogP contribution in [0.25, 0.3) is 0 Å². The Labute approximate surface area is 127 Å². The Morgan fingerprint density at radius 2 is 1.68 bits per heavy atom. The lowest BCUT2D eigenvalue weighted by atomic mass is 10.3. The lowest BCUT2D eigenvalue weighted by Gasteiger charge is -2.05. The minimum absolute atomic E-state index is 0.0651. The fraction of sp³-hybridized carbons (Fsp3) is 0.0625. The standard InChI is InChI=1S/C16H15N3O3/c1-11(20)15(16(22)17-12-7-3-2-4-8-12)19-18-13-9-5-6-10-14(13)21/h2-10,20-21H,1H3,(H,17,22)/b15-11-,19-18?. The number of hydrogen-bond donors (Lipinski definition) is 3. The largest absolute Gasteiger partial charge is 0.510 e. The zero-order valence-corrected chi connectivity index (χ0v) is 11.9. The molecule has 6 nitrogen and oxygen atoms in total. The fourth-order valence-electron chi connectivity index (χ4n) is 1.65. The van der Waals surface area contributed by atoms with Gasteiger partial charge in [0, 0.05) is 5.69 Å². The van der Waals surface area contributed by atoms with Gasteiger partial charge in [-0.05, 0) is 31.2 Å². The zero-order chi connectivity index (χ0) is 15.9. The summed E-state index contributed by atoms with van der Waals surface area (Å²) in [5, 5.41) is 29.3. The quantitative estimate of drug-likeness (QED) is 0.453. The maximum absolute atomic E-state index is 12.1. The topological polar surface area (TPSA) is 94.3 Å². The van der Waals surface area contributed by atoms with Gasteiger partial charge >= 0.3 is 0 Å². The van der Waals surface area contributed by atoms with E-state index in [0.717, 1.165) is 0 Å². The molecule has 1 amide bonds. The van der Waals surface area contributed by atoms with Crippen LogP contribution in [0.4, 0.5) is 11.4 Å². The second kappa shape index (κ2) is 7.03. The molecule has 0 bridgehead atoms. The number of para-hydroxylation sites is 2. The van der Waals surface area contributed by atoms with E-state index in [-0.39, 0.29) is 22.9 Å². The summed E-state index contributed by atoms with van der Waals surface area (Å²) in [6, 6.07) is 15.1. The number of amides is 1. The van der Waals surface area contributed by atoms with E-state index in [1.54, 1.807) is 36.4 Å². The molecule has 3 N–H and O–H groups in total. The SMILES string of the molecule is C/C(O)=C(/N=Nc1ccccc1O)C(=O)Nc1ccccc1. The average molecular weight is 297 g/mol. The monoisotopic (exact) mass is 297 g/mol. The molecule has 0 fully saturated rings. The lowest BCUT2D eigenvalue weighted by Crippen LogP contribution is -2.14. The number of nitrogens with zero attached hydrogens (tertiary/aromatic N) is 2. The molecular weight excluding hydrogens is 282 g/mol. The number of rotatable bonds is 4. The van der Waals surface area contributed by atoms with Gasteiger partial charge in [0.05, 0.1) is 0 Å². The number of phenolic OH excluding ortho intramolecular Hbond substituents is 1. The van der Waals surface area contributed by atoms with Crippen molar-refractivity contribution in [2.75, 3.05) is 5.32 Å². The van der Waals surface area contributed by atoms with E-state index in [4.69, 9.17) is 0 Å². The Morgan fingerprint density at radius 1 is 1.05 bits per heavy atom. The molecule has 0 spiro atoms. The first-order valence-electron chi connectivity index (χ1n) is 6.54. The Kier molecular flexibility index (Phi) is 4.87. The molecule has 0 atom stereocenters. The van der Waals surface area contributed by atoms with E-state index in [9.17, 15) is 15.0 Å². The molecule has 2 aromatic rings. The predicted octanol–water partition coefficient (Wildman–Crippen LogP) is 3.90. The number of phenols is 1. The summed E-state index contributed by atoms with van der Waals surface area (Å²) in [6.45, 7) is 1.34. The van der Waals surface area contributed by atoms with Gasteiger partial charge in [-0.3, -0.25) is 4.79 Å². The van der Waals surface area contributed by atoms with Gasteiger partial charge in [-0.1, -0.05) is 30.3 Å². The van der Waals surface area contributed by atoms with Crippen LogP contribution in [0.1, 0.15) is 6.92 Å². The molecule has 2 aromatic carbocycles. The molecule has 0 aliphatic carbocycles. The van der Waals surface area contributed by atoms with Crippen LogP contribution >= 0.6 is 0 Å². The van der Waals surface area contributed by atoms with Gasteiger partial charge in [0.1, 0.15) is 17.2 Å². The van der Waals surface area contributed by atoms with Crippen molar-refractivity contribution in [3.63, 3.8) is 0 Å². The van der Waals surface area contributed by atoms with Crippen molar-refractivity contribution in [2.24, 2.45) is 10.2 Å². The summed E-state index contributed by atoms with van der Waals surface area (Å²) < 4.78 is 0. The summed E-state index contributed by atoms with van der Waals surface area (Å²) in [7, 11) is 0. The number of aliphatic hydroxyl groups is 1. The Hall–Kier alpha value is -3.15. The van der Waals surface area contributed by atoms with Crippen molar-refractivity contribution in [3.05, 3.63) is 66.1 Å². The molecule has 0 radical (unpaired) electrons. The second-order valence-electron chi connectivity index (χ2n) is 4.44. The van der Waals surface area contributed by atoms with E-state index in [1.807, 2.05) is 6.07 Å². The van der Waals surface area contributed by atoms with Crippen molar-refractivity contribution in [2.45, 2.75) is 6.92 Å². The summed E-state index contributed by atoms with van der Waals surface area (Å²) in [5.41, 5.74) is 0.546. The average Bonchev–Trinajstić information content (AvgIpc) is 2.50. The number of aliphatic hydroxyl groups excluding tert-OH is 1. The van der Waals surface area contributed by atoms with Gasteiger partial charge in [-0.15, -0.1) is 10.2 Å². The number of carbonyl (C=O) groups is 1. The fourth-order valence-corrected chi connectivity index (χ4v) is 1.65. The number of anilines is 1. The normalized spacial score (nSPS) is 12.0. The highest BCUT2D eigenvalue weighted by atomic mass is 16.3. The highest BCUT2D eigenvalue weighted by Gasteiger charge is 2.13. The van der Waals surface area contributed by atoms with E-state index >= 15 is 0 Å². The van der Waals surface area contributed by atoms with E-state index < -0.39 is 5.91 Å². The maximum atomic E-state index is 12.1. The minimum Gasteiger partial charge on any atom is -0.510 e. The molecular formula is C16H15N3O3. The lowest BCUT2D eigenvalue weighted by molar-refractivity contribution is -0.113. The van der Waals surface area contributed by atoms with Crippen LogP contribution < -0.4 is 5.32 Å². The molecule has 22 heavy (non-hydrogen) atoms. The summed E-state index contributed by atoms with van der Waals surface area (Å²) in [6.07, 6.45) is 0. The van der Waals surface area contributed by atoms with Crippen LogP contribution in [0.2, 0.25) is 0 Å². The predicted molar refractivity (Wildman–Crippen MR) is 83.0 cm³/mol. The minimum atomic E-state index is -0.592. The van der Waals surface area contributed by atoms with Gasteiger partial charge in [0.25, 0.3) is 5.91 Å². The number of nitrogens with one attached hydrogen (secondary N) is 1. The zero-order valence-electron chi connectivity index (χ0n) is 11.9. The maximum Gasteiger partial charge on any atom is 0.279 e. The summed E-state index contributed by atoms with van der Waals surface area (Å²) >= 11 is 0. The van der Waals surface area contributed by atoms with Gasteiger partial charge in [0.15, 0.2) is 5.70 Å². The summed E-state index contributed by atoms with van der Waals surface area (Å²) in [5.74, 6) is -0.928. The van der Waals surface area contributed by atoms with Crippen molar-refractivity contribution >= 4 is 17.3 Å². The molecule has 0 aromatic heterocycles. The smallest absolute Gasteiger partial charge is 0.279 e. The number of carbonyl (C=O) groups excluding carboxylic acids is 1. The third kappa shape index (κ3) is 3.92. The van der Waals surface area contributed by atoms with E-state index in [1.165, 1.54) is 19.1 Å². The third-order valence-corrected chi connectivity index (χ3v) is 2.73. The van der Waals surface area contributed by atoms with Crippen LogP contribution in [0.3, 0.4) is 0 Å². The second-order valence-corrected chi connectivity index (χ2v) is 4.44. The molecule has 0 unspecified atom stereocenters.